The van der Waals surface area contributed by atoms with Gasteiger partial charge in [-0.05, 0) is 24.6 Å². The summed E-state index contributed by atoms with van der Waals surface area (Å²) in [7, 11) is 1.80. The van der Waals surface area contributed by atoms with Crippen molar-refractivity contribution in [3.05, 3.63) is 63.9 Å². The molecule has 7 nitrogen and oxygen atoms in total. The van der Waals surface area contributed by atoms with Crippen LogP contribution in [0.15, 0.2) is 36.4 Å². The van der Waals surface area contributed by atoms with E-state index in [4.69, 9.17) is 25.8 Å². The van der Waals surface area contributed by atoms with Gasteiger partial charge in [0.2, 0.25) is 5.91 Å². The maximum absolute atomic E-state index is 14.1. The second kappa shape index (κ2) is 6.40. The number of para-hydroxylation sites is 1. The third-order valence-electron chi connectivity index (χ3n) is 6.40. The molecule has 3 aliphatic heterocycles. The Morgan fingerprint density at radius 2 is 1.81 bits per heavy atom. The lowest BCUT2D eigenvalue weighted by atomic mass is 9.77. The molecule has 1 aromatic heterocycles. The third-order valence-corrected chi connectivity index (χ3v) is 6.87. The number of hydrogen-bond acceptors (Lipinski definition) is 5. The number of anilines is 1. The van der Waals surface area contributed by atoms with Gasteiger partial charge in [-0.2, -0.15) is 5.10 Å². The number of halogens is 1. The Morgan fingerprint density at radius 3 is 2.55 bits per heavy atom. The van der Waals surface area contributed by atoms with Crippen LogP contribution >= 0.6 is 11.6 Å². The van der Waals surface area contributed by atoms with Crippen molar-refractivity contribution >= 4 is 23.2 Å². The molecule has 158 valence electrons. The van der Waals surface area contributed by atoms with Crippen LogP contribution in [-0.4, -0.2) is 35.5 Å². The lowest BCUT2D eigenvalue weighted by Gasteiger charge is -2.24. The van der Waals surface area contributed by atoms with Crippen molar-refractivity contribution in [3.8, 4) is 17.2 Å². The SMILES string of the molecule is Cc1nn(C)c(Cl)c1CN1C(=O)C2(COc3cc4c(cc32)OCCO4)c2ccccc21. The van der Waals surface area contributed by atoms with Gasteiger partial charge in [0.15, 0.2) is 11.5 Å². The normalized spacial score (nSPS) is 20.7. The fraction of sp³-hybridized carbons (Fsp3) is 0.304. The number of carbonyl (C=O) groups is 1. The summed E-state index contributed by atoms with van der Waals surface area (Å²) >= 11 is 6.49. The summed E-state index contributed by atoms with van der Waals surface area (Å²) in [5.74, 6) is 1.91. The average Bonchev–Trinajstić information content (AvgIpc) is 3.35. The minimum Gasteiger partial charge on any atom is -0.491 e. The van der Waals surface area contributed by atoms with Crippen molar-refractivity contribution in [2.75, 3.05) is 24.7 Å². The highest BCUT2D eigenvalue weighted by Gasteiger charge is 2.57. The van der Waals surface area contributed by atoms with Gasteiger partial charge >= 0.3 is 0 Å². The first kappa shape index (κ1) is 18.6. The van der Waals surface area contributed by atoms with Crippen LogP contribution in [0.5, 0.6) is 17.2 Å². The van der Waals surface area contributed by atoms with Gasteiger partial charge in [0.25, 0.3) is 0 Å². The Kier molecular flexibility index (Phi) is 3.84. The van der Waals surface area contributed by atoms with Gasteiger partial charge in [0, 0.05) is 29.9 Å². The third kappa shape index (κ3) is 2.41. The minimum absolute atomic E-state index is 0.0385. The molecule has 1 atom stereocenters. The van der Waals surface area contributed by atoms with Crippen molar-refractivity contribution in [3.63, 3.8) is 0 Å². The molecule has 0 saturated heterocycles. The molecule has 4 heterocycles. The molecule has 1 spiro atoms. The summed E-state index contributed by atoms with van der Waals surface area (Å²) < 4.78 is 19.2. The number of amides is 1. The molecule has 0 aliphatic carbocycles. The zero-order valence-electron chi connectivity index (χ0n) is 17.1. The Balaban J connectivity index is 1.50. The van der Waals surface area contributed by atoms with Crippen molar-refractivity contribution < 1.29 is 19.0 Å². The molecule has 0 saturated carbocycles. The van der Waals surface area contributed by atoms with Gasteiger partial charge in [-0.15, -0.1) is 0 Å². The maximum Gasteiger partial charge on any atom is 0.246 e. The number of hydrogen-bond donors (Lipinski definition) is 0. The Labute approximate surface area is 184 Å². The molecule has 0 bridgehead atoms. The zero-order chi connectivity index (χ0) is 21.3. The summed E-state index contributed by atoms with van der Waals surface area (Å²) in [5, 5.41) is 4.93. The molecule has 0 radical (unpaired) electrons. The van der Waals surface area contributed by atoms with E-state index in [1.165, 1.54) is 0 Å². The van der Waals surface area contributed by atoms with Crippen LogP contribution < -0.4 is 19.1 Å². The maximum atomic E-state index is 14.1. The molecule has 1 amide bonds. The molecule has 6 rings (SSSR count). The average molecular weight is 438 g/mol. The number of benzene rings is 2. The molecule has 3 aliphatic rings. The first-order chi connectivity index (χ1) is 15.0. The highest BCUT2D eigenvalue weighted by Crippen LogP contribution is 2.55. The summed E-state index contributed by atoms with van der Waals surface area (Å²) in [4.78, 5) is 15.8. The zero-order valence-corrected chi connectivity index (χ0v) is 17.9. The van der Waals surface area contributed by atoms with Crippen LogP contribution in [0.25, 0.3) is 0 Å². The Hall–Kier alpha value is -3.19. The number of rotatable bonds is 2. The molecule has 2 aromatic carbocycles. The standard InChI is InChI=1S/C23H20ClN3O4/c1-13-14(21(24)26(2)25-13)11-27-17-6-4-3-5-15(17)23(22(27)28)12-31-18-10-20-19(9-16(18)23)29-7-8-30-20/h3-6,9-10H,7-8,11-12H2,1-2H3. The van der Waals surface area contributed by atoms with Gasteiger partial charge in [0.1, 0.15) is 36.1 Å². The van der Waals surface area contributed by atoms with Gasteiger partial charge < -0.3 is 19.1 Å². The fourth-order valence-corrected chi connectivity index (χ4v) is 5.11. The van der Waals surface area contributed by atoms with E-state index >= 15 is 0 Å². The molecular formula is C23H20ClN3O4. The topological polar surface area (TPSA) is 65.8 Å². The van der Waals surface area contributed by atoms with E-state index in [1.807, 2.05) is 43.3 Å². The highest BCUT2D eigenvalue weighted by molar-refractivity contribution is 6.30. The quantitative estimate of drug-likeness (QED) is 0.615. The molecule has 1 unspecified atom stereocenters. The van der Waals surface area contributed by atoms with E-state index in [0.717, 1.165) is 28.1 Å². The first-order valence-corrected chi connectivity index (χ1v) is 10.5. The molecular weight excluding hydrogens is 418 g/mol. The van der Waals surface area contributed by atoms with Crippen molar-refractivity contribution in [1.29, 1.82) is 0 Å². The Bertz CT molecular complexity index is 1250. The minimum atomic E-state index is -0.926. The summed E-state index contributed by atoms with van der Waals surface area (Å²) in [6, 6.07) is 11.6. The van der Waals surface area contributed by atoms with E-state index in [-0.39, 0.29) is 12.5 Å². The number of fused-ring (bicyclic) bond motifs is 5. The van der Waals surface area contributed by atoms with E-state index < -0.39 is 5.41 Å². The summed E-state index contributed by atoms with van der Waals surface area (Å²) in [6.07, 6.45) is 0. The lowest BCUT2D eigenvalue weighted by Crippen LogP contribution is -2.42. The number of nitrogens with zero attached hydrogens (tertiary/aromatic N) is 3. The number of aromatic nitrogens is 2. The number of carbonyl (C=O) groups excluding carboxylic acids is 1. The number of ether oxygens (including phenoxy) is 3. The van der Waals surface area contributed by atoms with Crippen molar-refractivity contribution in [2.45, 2.75) is 18.9 Å². The number of aryl methyl sites for hydroxylation is 2. The largest absolute Gasteiger partial charge is 0.491 e. The second-order valence-electron chi connectivity index (χ2n) is 8.07. The van der Waals surface area contributed by atoms with Crippen LogP contribution in [-0.2, 0) is 23.8 Å². The monoisotopic (exact) mass is 437 g/mol. The highest BCUT2D eigenvalue weighted by atomic mass is 35.5. The first-order valence-electron chi connectivity index (χ1n) is 10.2. The van der Waals surface area contributed by atoms with E-state index in [1.54, 1.807) is 16.6 Å². The molecule has 8 heteroatoms. The molecule has 3 aromatic rings. The van der Waals surface area contributed by atoms with Gasteiger partial charge in [-0.25, -0.2) is 0 Å². The second-order valence-corrected chi connectivity index (χ2v) is 8.43. The Morgan fingerprint density at radius 1 is 1.06 bits per heavy atom. The molecule has 31 heavy (non-hydrogen) atoms. The van der Waals surface area contributed by atoms with Crippen LogP contribution in [0.4, 0.5) is 5.69 Å². The van der Waals surface area contributed by atoms with E-state index in [0.29, 0.717) is 42.2 Å². The fourth-order valence-electron chi connectivity index (χ4n) is 4.88. The smallest absolute Gasteiger partial charge is 0.246 e. The van der Waals surface area contributed by atoms with Gasteiger partial charge in [-0.1, -0.05) is 29.8 Å². The predicted molar refractivity (Wildman–Crippen MR) is 114 cm³/mol. The van der Waals surface area contributed by atoms with E-state index in [9.17, 15) is 4.79 Å². The van der Waals surface area contributed by atoms with Gasteiger partial charge in [0.05, 0.1) is 12.2 Å². The molecule has 0 fully saturated rings. The summed E-state index contributed by atoms with van der Waals surface area (Å²) in [5.41, 5.74) is 3.31. The summed E-state index contributed by atoms with van der Waals surface area (Å²) in [6.45, 7) is 3.46. The van der Waals surface area contributed by atoms with Crippen LogP contribution in [0.1, 0.15) is 22.4 Å². The van der Waals surface area contributed by atoms with Crippen LogP contribution in [0, 0.1) is 6.92 Å². The van der Waals surface area contributed by atoms with E-state index in [2.05, 4.69) is 5.10 Å². The lowest BCUT2D eigenvalue weighted by molar-refractivity contribution is -0.122. The van der Waals surface area contributed by atoms with Gasteiger partial charge in [-0.3, -0.25) is 9.48 Å². The molecule has 0 N–H and O–H groups in total. The van der Waals surface area contributed by atoms with Crippen LogP contribution in [0.2, 0.25) is 5.15 Å². The van der Waals surface area contributed by atoms with Crippen LogP contribution in [0.3, 0.4) is 0 Å². The van der Waals surface area contributed by atoms with Crippen molar-refractivity contribution in [1.82, 2.24) is 9.78 Å². The van der Waals surface area contributed by atoms with Crippen molar-refractivity contribution in [2.24, 2.45) is 7.05 Å². The predicted octanol–water partition coefficient (Wildman–Crippen LogP) is 3.38.